The van der Waals surface area contributed by atoms with Gasteiger partial charge in [0.1, 0.15) is 0 Å². The van der Waals surface area contributed by atoms with Crippen molar-refractivity contribution < 1.29 is 9.59 Å². The van der Waals surface area contributed by atoms with E-state index in [0.29, 0.717) is 17.3 Å². The predicted octanol–water partition coefficient (Wildman–Crippen LogP) is 2.37. The van der Waals surface area contributed by atoms with E-state index in [4.69, 9.17) is 0 Å². The van der Waals surface area contributed by atoms with E-state index in [2.05, 4.69) is 19.2 Å². The highest BCUT2D eigenvalue weighted by molar-refractivity contribution is 7.12. The van der Waals surface area contributed by atoms with Crippen molar-refractivity contribution in [2.24, 2.45) is 5.92 Å². The molecule has 0 spiro atoms. The predicted molar refractivity (Wildman–Crippen MR) is 78.4 cm³/mol. The van der Waals surface area contributed by atoms with E-state index in [1.54, 1.807) is 13.1 Å². The van der Waals surface area contributed by atoms with Gasteiger partial charge in [0, 0.05) is 13.6 Å². The molecule has 0 saturated heterocycles. The SMILES string of the molecule is CCC(CC)CNC(=O)CN(C)C(=O)c1cccs1. The Kier molecular flexibility index (Phi) is 6.56. The number of nitrogens with one attached hydrogen (secondary N) is 1. The Morgan fingerprint density at radius 1 is 1.37 bits per heavy atom. The quantitative estimate of drug-likeness (QED) is 0.834. The van der Waals surface area contributed by atoms with Crippen LogP contribution in [0.25, 0.3) is 0 Å². The zero-order valence-electron chi connectivity index (χ0n) is 11.8. The van der Waals surface area contributed by atoms with Crippen molar-refractivity contribution in [2.75, 3.05) is 20.1 Å². The first-order valence-electron chi connectivity index (χ1n) is 6.64. The Morgan fingerprint density at radius 3 is 2.58 bits per heavy atom. The van der Waals surface area contributed by atoms with Crippen molar-refractivity contribution in [3.05, 3.63) is 22.4 Å². The third-order valence-corrected chi connectivity index (χ3v) is 4.06. The minimum atomic E-state index is -0.104. The molecule has 19 heavy (non-hydrogen) atoms. The van der Waals surface area contributed by atoms with Crippen LogP contribution in [0.5, 0.6) is 0 Å². The second-order valence-corrected chi connectivity index (χ2v) is 5.57. The summed E-state index contributed by atoms with van der Waals surface area (Å²) in [5.41, 5.74) is 0. The van der Waals surface area contributed by atoms with E-state index >= 15 is 0 Å². The average molecular weight is 282 g/mol. The molecule has 4 nitrogen and oxygen atoms in total. The molecule has 1 heterocycles. The van der Waals surface area contributed by atoms with E-state index in [9.17, 15) is 9.59 Å². The molecule has 0 aliphatic carbocycles. The lowest BCUT2D eigenvalue weighted by atomic mass is 10.0. The van der Waals surface area contributed by atoms with Gasteiger partial charge >= 0.3 is 0 Å². The van der Waals surface area contributed by atoms with Crippen LogP contribution in [0.1, 0.15) is 36.4 Å². The maximum Gasteiger partial charge on any atom is 0.264 e. The zero-order valence-corrected chi connectivity index (χ0v) is 12.6. The molecule has 1 N–H and O–H groups in total. The smallest absolute Gasteiger partial charge is 0.264 e. The van der Waals surface area contributed by atoms with Crippen LogP contribution in [0.2, 0.25) is 0 Å². The van der Waals surface area contributed by atoms with E-state index in [1.165, 1.54) is 16.2 Å². The molecule has 0 aromatic carbocycles. The molecule has 0 aliphatic heterocycles. The summed E-state index contributed by atoms with van der Waals surface area (Å²) in [5.74, 6) is 0.314. The van der Waals surface area contributed by atoms with Gasteiger partial charge in [-0.15, -0.1) is 11.3 Å². The average Bonchev–Trinajstić information content (AvgIpc) is 2.92. The second-order valence-electron chi connectivity index (χ2n) is 4.63. The van der Waals surface area contributed by atoms with Crippen molar-refractivity contribution in [1.29, 1.82) is 0 Å². The van der Waals surface area contributed by atoms with Gasteiger partial charge in [-0.3, -0.25) is 9.59 Å². The Labute approximate surface area is 118 Å². The molecule has 1 rings (SSSR count). The van der Waals surface area contributed by atoms with Gasteiger partial charge < -0.3 is 10.2 Å². The second kappa shape index (κ2) is 7.94. The third-order valence-electron chi connectivity index (χ3n) is 3.20. The van der Waals surface area contributed by atoms with Crippen molar-refractivity contribution in [1.82, 2.24) is 10.2 Å². The monoisotopic (exact) mass is 282 g/mol. The topological polar surface area (TPSA) is 49.4 Å². The number of likely N-dealkylation sites (N-methyl/N-ethyl adjacent to an activating group) is 1. The van der Waals surface area contributed by atoms with E-state index < -0.39 is 0 Å². The fourth-order valence-corrected chi connectivity index (χ4v) is 2.48. The number of hydrogen-bond acceptors (Lipinski definition) is 3. The first kappa shape index (κ1) is 15.7. The molecule has 0 atom stereocenters. The van der Waals surface area contributed by atoms with E-state index in [0.717, 1.165) is 12.8 Å². The van der Waals surface area contributed by atoms with Crippen LogP contribution in [0.3, 0.4) is 0 Å². The maximum absolute atomic E-state index is 11.9. The number of nitrogens with zero attached hydrogens (tertiary/aromatic N) is 1. The molecule has 5 heteroatoms. The van der Waals surface area contributed by atoms with Gasteiger partial charge in [-0.05, 0) is 17.4 Å². The van der Waals surface area contributed by atoms with E-state index in [-0.39, 0.29) is 18.4 Å². The summed E-state index contributed by atoms with van der Waals surface area (Å²) in [4.78, 5) is 25.8. The van der Waals surface area contributed by atoms with Gasteiger partial charge in [-0.1, -0.05) is 32.8 Å². The first-order valence-corrected chi connectivity index (χ1v) is 7.52. The zero-order chi connectivity index (χ0) is 14.3. The normalized spacial score (nSPS) is 10.5. The number of amides is 2. The molecule has 0 fully saturated rings. The van der Waals surface area contributed by atoms with Gasteiger partial charge in [-0.25, -0.2) is 0 Å². The van der Waals surface area contributed by atoms with Crippen LogP contribution in [0, 0.1) is 5.92 Å². The Balaban J connectivity index is 2.38. The molecule has 2 amide bonds. The lowest BCUT2D eigenvalue weighted by Gasteiger charge is -2.18. The maximum atomic E-state index is 11.9. The summed E-state index contributed by atoms with van der Waals surface area (Å²) in [6.45, 7) is 5.03. The Bertz CT molecular complexity index is 400. The van der Waals surface area contributed by atoms with Gasteiger partial charge in [0.2, 0.25) is 5.91 Å². The molecule has 0 unspecified atom stereocenters. The Hall–Kier alpha value is -1.36. The van der Waals surface area contributed by atoms with Crippen molar-refractivity contribution in [3.63, 3.8) is 0 Å². The number of thiophene rings is 1. The number of rotatable bonds is 7. The van der Waals surface area contributed by atoms with Crippen molar-refractivity contribution in [3.8, 4) is 0 Å². The fraction of sp³-hybridized carbons (Fsp3) is 0.571. The van der Waals surface area contributed by atoms with Crippen molar-refractivity contribution in [2.45, 2.75) is 26.7 Å². The highest BCUT2D eigenvalue weighted by Gasteiger charge is 2.15. The van der Waals surface area contributed by atoms with Gasteiger partial charge in [0.15, 0.2) is 0 Å². The van der Waals surface area contributed by atoms with Gasteiger partial charge in [0.05, 0.1) is 11.4 Å². The Morgan fingerprint density at radius 2 is 2.05 bits per heavy atom. The van der Waals surface area contributed by atoms with Crippen LogP contribution in [0.4, 0.5) is 0 Å². The van der Waals surface area contributed by atoms with Crippen LogP contribution < -0.4 is 5.32 Å². The first-order chi connectivity index (χ1) is 9.08. The highest BCUT2D eigenvalue weighted by Crippen LogP contribution is 2.10. The van der Waals surface area contributed by atoms with Crippen LogP contribution in [0.15, 0.2) is 17.5 Å². The minimum absolute atomic E-state index is 0.0979. The largest absolute Gasteiger partial charge is 0.354 e. The molecule has 0 radical (unpaired) electrons. The summed E-state index contributed by atoms with van der Waals surface area (Å²) in [6, 6.07) is 3.60. The number of carbonyl (C=O) groups excluding carboxylic acids is 2. The van der Waals surface area contributed by atoms with Crippen LogP contribution in [-0.2, 0) is 4.79 Å². The lowest BCUT2D eigenvalue weighted by Crippen LogP contribution is -2.39. The van der Waals surface area contributed by atoms with E-state index in [1.807, 2.05) is 11.4 Å². The van der Waals surface area contributed by atoms with Gasteiger partial charge in [-0.2, -0.15) is 0 Å². The summed E-state index contributed by atoms with van der Waals surface area (Å²) < 4.78 is 0. The molecule has 0 bridgehead atoms. The molecular formula is C14H22N2O2S. The molecule has 1 aromatic rings. The molecular weight excluding hydrogens is 260 g/mol. The third kappa shape index (κ3) is 5.03. The summed E-state index contributed by atoms with van der Waals surface area (Å²) in [6.07, 6.45) is 2.11. The number of hydrogen-bond donors (Lipinski definition) is 1. The summed E-state index contributed by atoms with van der Waals surface area (Å²) in [5, 5.41) is 4.74. The minimum Gasteiger partial charge on any atom is -0.354 e. The van der Waals surface area contributed by atoms with Gasteiger partial charge in [0.25, 0.3) is 5.91 Å². The van der Waals surface area contributed by atoms with Crippen LogP contribution in [-0.4, -0.2) is 36.9 Å². The number of carbonyl (C=O) groups is 2. The van der Waals surface area contributed by atoms with Crippen molar-refractivity contribution >= 4 is 23.2 Å². The molecule has 106 valence electrons. The summed E-state index contributed by atoms with van der Waals surface area (Å²) >= 11 is 1.39. The molecule has 0 aliphatic rings. The summed E-state index contributed by atoms with van der Waals surface area (Å²) in [7, 11) is 1.65. The lowest BCUT2D eigenvalue weighted by molar-refractivity contribution is -0.121. The van der Waals surface area contributed by atoms with Crippen LogP contribution >= 0.6 is 11.3 Å². The standard InChI is InChI=1S/C14H22N2O2S/c1-4-11(5-2)9-15-13(17)10-16(3)14(18)12-7-6-8-19-12/h6-8,11H,4-5,9-10H2,1-3H3,(H,15,17). The fourth-order valence-electron chi connectivity index (χ4n) is 1.77. The highest BCUT2D eigenvalue weighted by atomic mass is 32.1. The molecule has 1 aromatic heterocycles. The molecule has 0 saturated carbocycles.